The smallest absolute Gasteiger partial charge is 0.335 e. The molecule has 1 amide bonds. The zero-order valence-electron chi connectivity index (χ0n) is 14.1. The van der Waals surface area contributed by atoms with Crippen LogP contribution in [0.25, 0.3) is 0 Å². The minimum atomic E-state index is -0.955. The Balaban J connectivity index is 1.69. The average Bonchev–Trinajstić information content (AvgIpc) is 3.16. The normalized spacial score (nSPS) is 16.6. The Hall–Kier alpha value is -2.66. The van der Waals surface area contributed by atoms with Gasteiger partial charge in [-0.1, -0.05) is 24.3 Å². The van der Waals surface area contributed by atoms with Crippen LogP contribution in [0.15, 0.2) is 48.5 Å². The van der Waals surface area contributed by atoms with Crippen LogP contribution in [0.2, 0.25) is 0 Å². The third-order valence-electron chi connectivity index (χ3n) is 4.50. The van der Waals surface area contributed by atoms with E-state index in [1.807, 2.05) is 24.3 Å². The van der Waals surface area contributed by atoms with Crippen LogP contribution in [-0.2, 0) is 11.3 Å². The van der Waals surface area contributed by atoms with E-state index in [9.17, 15) is 9.59 Å². The van der Waals surface area contributed by atoms with Crippen molar-refractivity contribution in [3.8, 4) is 0 Å². The molecule has 0 bridgehead atoms. The van der Waals surface area contributed by atoms with Crippen LogP contribution >= 0.6 is 0 Å². The zero-order chi connectivity index (χ0) is 17.8. The molecule has 1 aliphatic heterocycles. The molecule has 25 heavy (non-hydrogen) atoms. The number of carboxylic acid groups (broad SMARTS) is 1. The van der Waals surface area contributed by atoms with Gasteiger partial charge in [0, 0.05) is 31.7 Å². The molecule has 3 rings (SSSR count). The highest BCUT2D eigenvalue weighted by atomic mass is 16.5. The molecule has 0 spiro atoms. The van der Waals surface area contributed by atoms with Crippen molar-refractivity contribution in [1.82, 2.24) is 4.90 Å². The van der Waals surface area contributed by atoms with Gasteiger partial charge < -0.3 is 14.7 Å². The first-order chi connectivity index (χ1) is 12.0. The van der Waals surface area contributed by atoms with E-state index in [0.29, 0.717) is 24.6 Å². The zero-order valence-corrected chi connectivity index (χ0v) is 14.1. The quantitative estimate of drug-likeness (QED) is 0.909. The number of aromatic carboxylic acids is 1. The van der Waals surface area contributed by atoms with Crippen molar-refractivity contribution >= 4 is 11.9 Å². The minimum absolute atomic E-state index is 0.0527. The second kappa shape index (κ2) is 7.49. The Labute approximate surface area is 146 Å². The topological polar surface area (TPSA) is 66.8 Å². The van der Waals surface area contributed by atoms with Gasteiger partial charge in [0.05, 0.1) is 12.2 Å². The van der Waals surface area contributed by atoms with Crippen LogP contribution in [0.4, 0.5) is 0 Å². The fraction of sp³-hybridized carbons (Fsp3) is 0.300. The van der Waals surface area contributed by atoms with E-state index >= 15 is 0 Å². The standard InChI is InChI=1S/C20H21NO4/c1-21(12-14-5-7-15(8-6-14)20(23)24)19(22)17-4-2-3-16(11-17)18-9-10-25-13-18/h2-8,11,18H,9-10,12-13H2,1H3,(H,23,24). The average molecular weight is 339 g/mol. The molecule has 0 aliphatic carbocycles. The van der Waals surface area contributed by atoms with E-state index in [2.05, 4.69) is 0 Å². The van der Waals surface area contributed by atoms with Gasteiger partial charge in [0.15, 0.2) is 0 Å². The van der Waals surface area contributed by atoms with Gasteiger partial charge in [0.25, 0.3) is 5.91 Å². The summed E-state index contributed by atoms with van der Waals surface area (Å²) in [5, 5.41) is 8.94. The van der Waals surface area contributed by atoms with Crippen molar-refractivity contribution in [2.75, 3.05) is 20.3 Å². The molecule has 5 nitrogen and oxygen atoms in total. The van der Waals surface area contributed by atoms with Crippen molar-refractivity contribution in [1.29, 1.82) is 0 Å². The van der Waals surface area contributed by atoms with Crippen molar-refractivity contribution in [2.45, 2.75) is 18.9 Å². The van der Waals surface area contributed by atoms with E-state index in [-0.39, 0.29) is 11.5 Å². The molecular formula is C20H21NO4. The molecule has 1 fully saturated rings. The number of benzene rings is 2. The first-order valence-electron chi connectivity index (χ1n) is 8.30. The van der Waals surface area contributed by atoms with Gasteiger partial charge in [-0.25, -0.2) is 4.79 Å². The van der Waals surface area contributed by atoms with Gasteiger partial charge in [-0.3, -0.25) is 4.79 Å². The predicted octanol–water partition coefficient (Wildman–Crippen LogP) is 3.16. The molecule has 1 saturated heterocycles. The summed E-state index contributed by atoms with van der Waals surface area (Å²) in [6.45, 7) is 1.91. The molecule has 0 radical (unpaired) electrons. The van der Waals surface area contributed by atoms with E-state index in [4.69, 9.17) is 9.84 Å². The van der Waals surface area contributed by atoms with Gasteiger partial charge in [-0.05, 0) is 41.8 Å². The van der Waals surface area contributed by atoms with Crippen LogP contribution < -0.4 is 0 Å². The molecule has 130 valence electrons. The first kappa shape index (κ1) is 17.2. The van der Waals surface area contributed by atoms with Gasteiger partial charge in [0.2, 0.25) is 0 Å². The molecule has 0 saturated carbocycles. The Bertz CT molecular complexity index is 764. The molecule has 0 aromatic heterocycles. The predicted molar refractivity (Wildman–Crippen MR) is 93.8 cm³/mol. The number of carboxylic acids is 1. The summed E-state index contributed by atoms with van der Waals surface area (Å²) >= 11 is 0. The lowest BCUT2D eigenvalue weighted by Crippen LogP contribution is -2.26. The van der Waals surface area contributed by atoms with Crippen molar-refractivity contribution < 1.29 is 19.4 Å². The fourth-order valence-corrected chi connectivity index (χ4v) is 3.04. The summed E-state index contributed by atoms with van der Waals surface area (Å²) in [5.41, 5.74) is 2.93. The molecule has 1 atom stereocenters. The van der Waals surface area contributed by atoms with Crippen molar-refractivity contribution in [3.05, 3.63) is 70.8 Å². The Morgan fingerprint density at radius 3 is 2.56 bits per heavy atom. The number of carbonyl (C=O) groups is 2. The van der Waals surface area contributed by atoms with Crippen molar-refractivity contribution in [2.24, 2.45) is 0 Å². The fourth-order valence-electron chi connectivity index (χ4n) is 3.04. The van der Waals surface area contributed by atoms with Crippen LogP contribution in [-0.4, -0.2) is 42.1 Å². The molecule has 2 aromatic carbocycles. The molecule has 2 aromatic rings. The van der Waals surface area contributed by atoms with Crippen LogP contribution in [0.1, 0.15) is 44.2 Å². The highest BCUT2D eigenvalue weighted by Gasteiger charge is 2.20. The highest BCUT2D eigenvalue weighted by molar-refractivity contribution is 5.94. The van der Waals surface area contributed by atoms with Crippen LogP contribution in [0.3, 0.4) is 0 Å². The summed E-state index contributed by atoms with van der Waals surface area (Å²) in [4.78, 5) is 25.2. The summed E-state index contributed by atoms with van der Waals surface area (Å²) in [6, 6.07) is 14.3. The molecular weight excluding hydrogens is 318 g/mol. The molecule has 1 aliphatic rings. The number of carbonyl (C=O) groups excluding carboxylic acids is 1. The summed E-state index contributed by atoms with van der Waals surface area (Å²) in [5.74, 6) is -0.645. The summed E-state index contributed by atoms with van der Waals surface area (Å²) in [7, 11) is 1.75. The maximum atomic E-state index is 12.7. The van der Waals surface area contributed by atoms with Crippen molar-refractivity contribution in [3.63, 3.8) is 0 Å². The Morgan fingerprint density at radius 1 is 1.16 bits per heavy atom. The number of amides is 1. The lowest BCUT2D eigenvalue weighted by molar-refractivity contribution is 0.0695. The van der Waals surface area contributed by atoms with E-state index < -0.39 is 5.97 Å². The van der Waals surface area contributed by atoms with E-state index in [0.717, 1.165) is 24.2 Å². The summed E-state index contributed by atoms with van der Waals surface area (Å²) in [6.07, 6.45) is 0.989. The largest absolute Gasteiger partial charge is 0.478 e. The third kappa shape index (κ3) is 4.06. The highest BCUT2D eigenvalue weighted by Crippen LogP contribution is 2.26. The maximum absolute atomic E-state index is 12.7. The van der Waals surface area contributed by atoms with Gasteiger partial charge in [0.1, 0.15) is 0 Å². The molecule has 1 heterocycles. The number of hydrogen-bond donors (Lipinski definition) is 1. The first-order valence-corrected chi connectivity index (χ1v) is 8.30. The summed E-state index contributed by atoms with van der Waals surface area (Å²) < 4.78 is 5.43. The second-order valence-corrected chi connectivity index (χ2v) is 6.35. The van der Waals surface area contributed by atoms with Gasteiger partial charge in [-0.2, -0.15) is 0 Å². The monoisotopic (exact) mass is 339 g/mol. The minimum Gasteiger partial charge on any atom is -0.478 e. The van der Waals surface area contributed by atoms with E-state index in [1.54, 1.807) is 36.2 Å². The van der Waals surface area contributed by atoms with Gasteiger partial charge in [-0.15, -0.1) is 0 Å². The molecule has 1 N–H and O–H groups in total. The van der Waals surface area contributed by atoms with Crippen LogP contribution in [0, 0.1) is 0 Å². The lowest BCUT2D eigenvalue weighted by atomic mass is 9.96. The Morgan fingerprint density at radius 2 is 1.92 bits per heavy atom. The maximum Gasteiger partial charge on any atom is 0.335 e. The third-order valence-corrected chi connectivity index (χ3v) is 4.50. The van der Waals surface area contributed by atoms with Crippen LogP contribution in [0.5, 0.6) is 0 Å². The SMILES string of the molecule is CN(Cc1ccc(C(=O)O)cc1)C(=O)c1cccc(C2CCOC2)c1. The number of rotatable bonds is 5. The van der Waals surface area contributed by atoms with Gasteiger partial charge >= 0.3 is 5.97 Å². The molecule has 1 unspecified atom stereocenters. The number of nitrogens with zero attached hydrogens (tertiary/aromatic N) is 1. The molecule has 5 heteroatoms. The lowest BCUT2D eigenvalue weighted by Gasteiger charge is -2.18. The number of ether oxygens (including phenoxy) is 1. The Kier molecular flexibility index (Phi) is 5.14. The second-order valence-electron chi connectivity index (χ2n) is 6.35. The van der Waals surface area contributed by atoms with E-state index in [1.165, 1.54) is 0 Å². The number of hydrogen-bond acceptors (Lipinski definition) is 3.